The molecule has 0 aliphatic carbocycles. The van der Waals surface area contributed by atoms with E-state index >= 15 is 0 Å². The monoisotopic (exact) mass is 471 g/mol. The van der Waals surface area contributed by atoms with Gasteiger partial charge in [-0.25, -0.2) is 4.98 Å². The maximum absolute atomic E-state index is 12.4. The molecule has 0 radical (unpaired) electrons. The van der Waals surface area contributed by atoms with Gasteiger partial charge >= 0.3 is 6.18 Å². The highest BCUT2D eigenvalue weighted by atomic mass is 32.2. The van der Waals surface area contributed by atoms with Crippen LogP contribution in [0.25, 0.3) is 10.2 Å². The number of fused-ring (bicyclic) bond motifs is 1. The summed E-state index contributed by atoms with van der Waals surface area (Å²) in [5.74, 6) is 0.622. The summed E-state index contributed by atoms with van der Waals surface area (Å²) >= 11 is 2.77. The van der Waals surface area contributed by atoms with E-state index in [2.05, 4.69) is 20.0 Å². The fourth-order valence-corrected chi connectivity index (χ4v) is 4.49. The van der Waals surface area contributed by atoms with Crippen molar-refractivity contribution in [2.24, 2.45) is 0 Å². The molecule has 0 aliphatic heterocycles. The zero-order valence-corrected chi connectivity index (χ0v) is 18.6. The summed E-state index contributed by atoms with van der Waals surface area (Å²) in [5, 5.41) is 2.85. The summed E-state index contributed by atoms with van der Waals surface area (Å²) in [6.07, 6.45) is -4.41. The summed E-state index contributed by atoms with van der Waals surface area (Å²) in [7, 11) is 0. The number of hydrogen-bond donors (Lipinski definition) is 2. The van der Waals surface area contributed by atoms with Crippen LogP contribution in [0.3, 0.4) is 0 Å². The molecule has 1 amide bonds. The summed E-state index contributed by atoms with van der Waals surface area (Å²) in [4.78, 5) is 33.7. The average Bonchev–Trinajstić information content (AvgIpc) is 2.99. The fraction of sp³-hybridized carbons (Fsp3) is 0.350. The molecule has 0 saturated carbocycles. The van der Waals surface area contributed by atoms with Gasteiger partial charge in [-0.05, 0) is 50.6 Å². The molecule has 0 saturated heterocycles. The van der Waals surface area contributed by atoms with Crippen LogP contribution in [0.5, 0.6) is 5.75 Å². The van der Waals surface area contributed by atoms with Gasteiger partial charge in [0.05, 0.1) is 16.4 Å². The summed E-state index contributed by atoms with van der Waals surface area (Å²) in [5.41, 5.74) is 1.18. The molecule has 2 heterocycles. The smallest absolute Gasteiger partial charge is 0.422 e. The second-order valence-electron chi connectivity index (χ2n) is 6.85. The number of thioether (sulfide) groups is 1. The van der Waals surface area contributed by atoms with Crippen LogP contribution in [-0.4, -0.2) is 33.9 Å². The van der Waals surface area contributed by atoms with Gasteiger partial charge in [0, 0.05) is 10.6 Å². The molecule has 0 aliphatic rings. The van der Waals surface area contributed by atoms with Crippen LogP contribution >= 0.6 is 23.1 Å². The number of aromatic amines is 1. The first-order chi connectivity index (χ1) is 14.5. The summed E-state index contributed by atoms with van der Waals surface area (Å²) in [6.45, 7) is 4.17. The summed E-state index contributed by atoms with van der Waals surface area (Å²) in [6, 6.07) is 5.65. The largest absolute Gasteiger partial charge is 0.484 e. The van der Waals surface area contributed by atoms with Crippen molar-refractivity contribution < 1.29 is 22.7 Å². The number of halogens is 3. The lowest BCUT2D eigenvalue weighted by Gasteiger charge is -2.13. The molecule has 3 rings (SSSR count). The van der Waals surface area contributed by atoms with Gasteiger partial charge in [-0.15, -0.1) is 23.1 Å². The molecule has 1 unspecified atom stereocenters. The number of alkyl halides is 3. The highest BCUT2D eigenvalue weighted by molar-refractivity contribution is 7.99. The third kappa shape index (κ3) is 6.01. The number of benzene rings is 1. The molecule has 2 aromatic heterocycles. The minimum atomic E-state index is -4.41. The van der Waals surface area contributed by atoms with E-state index in [1.165, 1.54) is 47.4 Å². The van der Waals surface area contributed by atoms with Crippen molar-refractivity contribution in [1.82, 2.24) is 9.97 Å². The van der Waals surface area contributed by atoms with E-state index in [9.17, 15) is 22.8 Å². The van der Waals surface area contributed by atoms with E-state index < -0.39 is 18.0 Å². The molecule has 11 heteroatoms. The topological polar surface area (TPSA) is 84.1 Å². The highest BCUT2D eigenvalue weighted by Crippen LogP contribution is 2.27. The van der Waals surface area contributed by atoms with Gasteiger partial charge in [0.2, 0.25) is 5.91 Å². The van der Waals surface area contributed by atoms with Crippen LogP contribution in [0.4, 0.5) is 18.9 Å². The van der Waals surface area contributed by atoms with E-state index in [-0.39, 0.29) is 17.2 Å². The van der Waals surface area contributed by atoms with E-state index in [0.29, 0.717) is 27.5 Å². The van der Waals surface area contributed by atoms with Crippen molar-refractivity contribution in [2.45, 2.75) is 38.0 Å². The number of nitrogens with zero attached hydrogens (tertiary/aromatic N) is 1. The van der Waals surface area contributed by atoms with Crippen molar-refractivity contribution in [3.05, 3.63) is 50.9 Å². The van der Waals surface area contributed by atoms with Crippen molar-refractivity contribution >= 4 is 44.9 Å². The maximum atomic E-state index is 12.4. The van der Waals surface area contributed by atoms with Gasteiger partial charge in [-0.3, -0.25) is 9.59 Å². The minimum Gasteiger partial charge on any atom is -0.484 e. The first-order valence-corrected chi connectivity index (χ1v) is 11.1. The molecule has 1 atom stereocenters. The second kappa shape index (κ2) is 9.31. The normalized spacial score (nSPS) is 12.7. The zero-order valence-electron chi connectivity index (χ0n) is 16.9. The number of carbonyl (C=O) groups excluding carboxylic acids is 1. The molecule has 6 nitrogen and oxygen atoms in total. The average molecular weight is 472 g/mol. The van der Waals surface area contributed by atoms with E-state index in [1.807, 2.05) is 13.8 Å². The number of carbonyl (C=O) groups is 1. The Bertz CT molecular complexity index is 1140. The second-order valence-corrected chi connectivity index (χ2v) is 9.38. The highest BCUT2D eigenvalue weighted by Gasteiger charge is 2.28. The molecule has 0 spiro atoms. The lowest BCUT2D eigenvalue weighted by Crippen LogP contribution is -2.23. The van der Waals surface area contributed by atoms with Crippen LogP contribution in [0, 0.1) is 13.8 Å². The molecule has 0 fully saturated rings. The number of H-pyrrole nitrogens is 1. The first-order valence-electron chi connectivity index (χ1n) is 9.24. The third-order valence-corrected chi connectivity index (χ3v) is 6.71. The van der Waals surface area contributed by atoms with Crippen LogP contribution in [-0.2, 0) is 10.5 Å². The predicted molar refractivity (Wildman–Crippen MR) is 117 cm³/mol. The molecule has 0 bridgehead atoms. The maximum Gasteiger partial charge on any atom is 0.422 e. The molecular formula is C20H20F3N3O3S2. The van der Waals surface area contributed by atoms with Crippen LogP contribution < -0.4 is 15.6 Å². The molecular weight excluding hydrogens is 451 g/mol. The fourth-order valence-electron chi connectivity index (χ4n) is 2.69. The Kier molecular flexibility index (Phi) is 6.95. The number of nitrogens with one attached hydrogen (secondary N) is 2. The number of rotatable bonds is 7. The van der Waals surface area contributed by atoms with E-state index in [0.717, 1.165) is 10.4 Å². The predicted octanol–water partition coefficient (Wildman–Crippen LogP) is 4.80. The number of anilines is 1. The number of hydrogen-bond acceptors (Lipinski definition) is 6. The SMILES string of the molecule is Cc1sc2nc(CSC(C)C(=O)Nc3ccc(OCC(F)(F)F)cc3)[nH]c(=O)c2c1C. The van der Waals surface area contributed by atoms with Crippen LogP contribution in [0.1, 0.15) is 23.2 Å². The van der Waals surface area contributed by atoms with Crippen molar-refractivity contribution in [2.75, 3.05) is 11.9 Å². The van der Waals surface area contributed by atoms with Crippen LogP contribution in [0.2, 0.25) is 0 Å². The number of aryl methyl sites for hydroxylation is 2. The summed E-state index contributed by atoms with van der Waals surface area (Å²) < 4.78 is 41.2. The lowest BCUT2D eigenvalue weighted by molar-refractivity contribution is -0.153. The van der Waals surface area contributed by atoms with E-state index in [4.69, 9.17) is 0 Å². The number of ether oxygens (including phenoxy) is 1. The molecule has 3 aromatic rings. The first kappa shape index (κ1) is 23.1. The molecule has 1 aromatic carbocycles. The van der Waals surface area contributed by atoms with Crippen LogP contribution in [0.15, 0.2) is 29.1 Å². The van der Waals surface area contributed by atoms with Gasteiger partial charge in [-0.1, -0.05) is 0 Å². The Balaban J connectivity index is 1.56. The Morgan fingerprint density at radius 1 is 1.29 bits per heavy atom. The van der Waals surface area contributed by atoms with Crippen molar-refractivity contribution in [3.8, 4) is 5.75 Å². The number of thiophene rings is 1. The Morgan fingerprint density at radius 2 is 1.97 bits per heavy atom. The third-order valence-electron chi connectivity index (χ3n) is 4.45. The Hall–Kier alpha value is -2.53. The Morgan fingerprint density at radius 3 is 2.61 bits per heavy atom. The molecule has 2 N–H and O–H groups in total. The molecule has 31 heavy (non-hydrogen) atoms. The zero-order chi connectivity index (χ0) is 22.8. The van der Waals surface area contributed by atoms with Gasteiger partial charge in [0.1, 0.15) is 16.4 Å². The molecule has 166 valence electrons. The number of aromatic nitrogens is 2. The van der Waals surface area contributed by atoms with Crippen molar-refractivity contribution in [1.29, 1.82) is 0 Å². The number of amides is 1. The van der Waals surface area contributed by atoms with Gasteiger partial charge < -0.3 is 15.0 Å². The quantitative estimate of drug-likeness (QED) is 0.517. The Labute approximate surface area is 184 Å². The van der Waals surface area contributed by atoms with Gasteiger partial charge in [-0.2, -0.15) is 13.2 Å². The van der Waals surface area contributed by atoms with Gasteiger partial charge in [0.25, 0.3) is 5.56 Å². The lowest BCUT2D eigenvalue weighted by atomic mass is 10.2. The van der Waals surface area contributed by atoms with Crippen molar-refractivity contribution in [3.63, 3.8) is 0 Å². The standard InChI is InChI=1S/C20H20F3N3O3S2/c1-10-11(2)31-19-16(10)18(28)25-15(26-19)8-30-12(3)17(27)24-13-4-6-14(7-5-13)29-9-20(21,22)23/h4-7,12H,8-9H2,1-3H3,(H,24,27)(H,25,26,28). The van der Waals surface area contributed by atoms with Gasteiger partial charge in [0.15, 0.2) is 6.61 Å². The minimum absolute atomic E-state index is 0.0576. The van der Waals surface area contributed by atoms with E-state index in [1.54, 1.807) is 6.92 Å².